The number of hydrogen-bond donors (Lipinski definition) is 1. The first kappa shape index (κ1) is 42.3. The second-order valence-electron chi connectivity index (χ2n) is 13.7. The fourth-order valence-electron chi connectivity index (χ4n) is 6.43. The molecule has 0 aromatic heterocycles. The maximum atomic E-state index is 13.3. The van der Waals surface area contributed by atoms with Crippen LogP contribution < -0.4 is 0 Å². The van der Waals surface area contributed by atoms with Crippen molar-refractivity contribution in [2.75, 3.05) is 27.2 Å². The van der Waals surface area contributed by atoms with Crippen molar-refractivity contribution in [1.29, 1.82) is 0 Å². The summed E-state index contributed by atoms with van der Waals surface area (Å²) in [5.41, 5.74) is 0. The van der Waals surface area contributed by atoms with Gasteiger partial charge in [0.15, 0.2) is 0 Å². The Balaban J connectivity index is 4.20. The van der Waals surface area contributed by atoms with E-state index in [-0.39, 0.29) is 24.1 Å². The molecule has 0 spiro atoms. The standard InChI is InChI=1S/C39H76NO3/c1-5-7-9-11-13-15-17-19-21-23-25-27-29-31-38(42)36(33-34-41)37(35-40(3)4)39(43)32-30-28-26-24-22-20-18-16-14-12-10-8-6-2/h33,36-37,41H,5-32,34-35H2,1-4H3. The summed E-state index contributed by atoms with van der Waals surface area (Å²) in [6.45, 7) is 4.97. The highest BCUT2D eigenvalue weighted by Gasteiger charge is 2.32. The van der Waals surface area contributed by atoms with E-state index in [0.717, 1.165) is 25.7 Å². The molecule has 43 heavy (non-hydrogen) atoms. The lowest BCUT2D eigenvalue weighted by Gasteiger charge is -2.27. The molecule has 0 fully saturated rings. The smallest absolute Gasteiger partial charge is 0.137 e. The Morgan fingerprint density at radius 2 is 0.814 bits per heavy atom. The molecule has 0 bridgehead atoms. The van der Waals surface area contributed by atoms with Crippen molar-refractivity contribution in [2.45, 2.75) is 194 Å². The largest absolute Gasteiger partial charge is 0.396 e. The van der Waals surface area contributed by atoms with Gasteiger partial charge in [0.1, 0.15) is 11.6 Å². The van der Waals surface area contributed by atoms with Gasteiger partial charge in [-0.15, -0.1) is 0 Å². The number of hydrogen-bond acceptors (Lipinski definition) is 4. The molecule has 0 aliphatic carbocycles. The molecule has 2 atom stereocenters. The second kappa shape index (κ2) is 32.6. The first-order chi connectivity index (χ1) is 21.0. The van der Waals surface area contributed by atoms with Gasteiger partial charge in [-0.3, -0.25) is 9.59 Å². The van der Waals surface area contributed by atoms with Gasteiger partial charge in [-0.2, -0.15) is 0 Å². The SMILES string of the molecule is CCCCCCCCCCCCCCCC(=O)C([CH]CO)C(CN(C)C)C(=O)CCCCCCCCCCCCCCC. The molecule has 0 aromatic carbocycles. The minimum Gasteiger partial charge on any atom is -0.396 e. The van der Waals surface area contributed by atoms with Crippen molar-refractivity contribution in [1.82, 2.24) is 4.90 Å². The Hall–Kier alpha value is -0.740. The van der Waals surface area contributed by atoms with Gasteiger partial charge in [0, 0.05) is 37.8 Å². The van der Waals surface area contributed by atoms with Crippen molar-refractivity contribution in [3.05, 3.63) is 6.42 Å². The van der Waals surface area contributed by atoms with E-state index < -0.39 is 5.92 Å². The van der Waals surface area contributed by atoms with Crippen LogP contribution in [0.5, 0.6) is 0 Å². The lowest BCUT2D eigenvalue weighted by molar-refractivity contribution is -0.132. The number of aliphatic hydroxyl groups excluding tert-OH is 1. The zero-order valence-corrected chi connectivity index (χ0v) is 29.7. The molecule has 0 saturated carbocycles. The van der Waals surface area contributed by atoms with E-state index in [1.54, 1.807) is 6.42 Å². The summed E-state index contributed by atoms with van der Waals surface area (Å²) in [6.07, 6.45) is 36.3. The highest BCUT2D eigenvalue weighted by molar-refractivity contribution is 5.90. The molecule has 0 aliphatic heterocycles. The first-order valence-electron chi connectivity index (χ1n) is 19.1. The monoisotopic (exact) mass is 607 g/mol. The van der Waals surface area contributed by atoms with Crippen LogP contribution in [0.1, 0.15) is 194 Å². The Kier molecular flexibility index (Phi) is 32.1. The number of carbonyl (C=O) groups is 2. The first-order valence-corrected chi connectivity index (χ1v) is 19.1. The summed E-state index contributed by atoms with van der Waals surface area (Å²) in [6, 6.07) is 0. The van der Waals surface area contributed by atoms with Gasteiger partial charge in [0.25, 0.3) is 0 Å². The number of ketones is 2. The number of unbranched alkanes of at least 4 members (excludes halogenated alkanes) is 24. The Morgan fingerprint density at radius 1 is 0.512 bits per heavy atom. The van der Waals surface area contributed by atoms with Gasteiger partial charge in [-0.1, -0.05) is 168 Å². The molecule has 0 heterocycles. The Labute approximate surface area is 269 Å². The molecule has 0 saturated heterocycles. The van der Waals surface area contributed by atoms with E-state index >= 15 is 0 Å². The van der Waals surface area contributed by atoms with E-state index in [0.29, 0.717) is 19.4 Å². The van der Waals surface area contributed by atoms with Crippen LogP contribution in [-0.2, 0) is 9.59 Å². The second-order valence-corrected chi connectivity index (χ2v) is 13.7. The summed E-state index contributed by atoms with van der Waals surface area (Å²) < 4.78 is 0. The van der Waals surface area contributed by atoms with Crippen molar-refractivity contribution >= 4 is 11.6 Å². The third-order valence-corrected chi connectivity index (χ3v) is 9.19. The zero-order chi connectivity index (χ0) is 31.8. The summed E-state index contributed by atoms with van der Waals surface area (Å²) in [7, 11) is 3.94. The number of nitrogens with zero attached hydrogens (tertiary/aromatic N) is 1. The van der Waals surface area contributed by atoms with E-state index in [1.165, 1.54) is 141 Å². The highest BCUT2D eigenvalue weighted by Crippen LogP contribution is 2.24. The number of Topliss-reactive ketones (excluding diaryl/α,β-unsaturated/α-hetero) is 2. The molecule has 0 amide bonds. The normalized spacial score (nSPS) is 13.1. The van der Waals surface area contributed by atoms with Gasteiger partial charge < -0.3 is 10.0 Å². The van der Waals surface area contributed by atoms with Crippen LogP contribution >= 0.6 is 0 Å². The topological polar surface area (TPSA) is 57.6 Å². The highest BCUT2D eigenvalue weighted by atomic mass is 16.3. The van der Waals surface area contributed by atoms with Gasteiger partial charge in [-0.25, -0.2) is 0 Å². The van der Waals surface area contributed by atoms with E-state index in [4.69, 9.17) is 0 Å². The molecule has 1 N–H and O–H groups in total. The van der Waals surface area contributed by atoms with Gasteiger partial charge in [0.2, 0.25) is 0 Å². The lowest BCUT2D eigenvalue weighted by Crippen LogP contribution is -2.38. The quantitative estimate of drug-likeness (QED) is 0.0729. The molecule has 4 heteroatoms. The Bertz CT molecular complexity index is 605. The number of aliphatic hydroxyl groups is 1. The van der Waals surface area contributed by atoms with Gasteiger partial charge in [-0.05, 0) is 33.4 Å². The van der Waals surface area contributed by atoms with Crippen LogP contribution in [0.3, 0.4) is 0 Å². The minimum atomic E-state index is -0.459. The van der Waals surface area contributed by atoms with E-state index in [2.05, 4.69) is 13.8 Å². The average Bonchev–Trinajstić information content (AvgIpc) is 2.99. The molecule has 4 nitrogen and oxygen atoms in total. The Morgan fingerprint density at radius 3 is 1.12 bits per heavy atom. The van der Waals surface area contributed by atoms with E-state index in [9.17, 15) is 14.7 Å². The minimum absolute atomic E-state index is 0.141. The molecule has 255 valence electrons. The maximum Gasteiger partial charge on any atom is 0.137 e. The third-order valence-electron chi connectivity index (χ3n) is 9.19. The van der Waals surface area contributed by atoms with Crippen molar-refractivity contribution < 1.29 is 14.7 Å². The lowest BCUT2D eigenvalue weighted by atomic mass is 9.80. The third kappa shape index (κ3) is 27.3. The number of carbonyl (C=O) groups excluding carboxylic acids is 2. The summed E-state index contributed by atoms with van der Waals surface area (Å²) >= 11 is 0. The molecule has 2 unspecified atom stereocenters. The summed E-state index contributed by atoms with van der Waals surface area (Å²) in [4.78, 5) is 28.6. The van der Waals surface area contributed by atoms with Gasteiger partial charge >= 0.3 is 0 Å². The molecule has 0 rings (SSSR count). The molecule has 1 radical (unpaired) electrons. The molecule has 0 aromatic rings. The molecule has 0 aliphatic rings. The fourth-order valence-corrected chi connectivity index (χ4v) is 6.43. The average molecular weight is 607 g/mol. The van der Waals surface area contributed by atoms with Crippen LogP contribution in [-0.4, -0.2) is 48.8 Å². The molecular weight excluding hydrogens is 530 g/mol. The zero-order valence-electron chi connectivity index (χ0n) is 29.7. The van der Waals surface area contributed by atoms with Crippen LogP contribution in [0, 0.1) is 18.3 Å². The predicted molar refractivity (Wildman–Crippen MR) is 188 cm³/mol. The summed E-state index contributed by atoms with van der Waals surface area (Å²) in [5.74, 6) is -0.457. The maximum absolute atomic E-state index is 13.3. The van der Waals surface area contributed by atoms with Gasteiger partial charge in [0.05, 0.1) is 0 Å². The fraction of sp³-hybridized carbons (Fsp3) is 0.923. The predicted octanol–water partition coefficient (Wildman–Crippen LogP) is 11.1. The van der Waals surface area contributed by atoms with Crippen LogP contribution in [0.25, 0.3) is 0 Å². The van der Waals surface area contributed by atoms with E-state index in [1.807, 2.05) is 19.0 Å². The van der Waals surface area contributed by atoms with Crippen LogP contribution in [0.15, 0.2) is 0 Å². The van der Waals surface area contributed by atoms with Crippen molar-refractivity contribution in [3.8, 4) is 0 Å². The van der Waals surface area contributed by atoms with Crippen molar-refractivity contribution in [3.63, 3.8) is 0 Å². The van der Waals surface area contributed by atoms with Crippen LogP contribution in [0.2, 0.25) is 0 Å². The van der Waals surface area contributed by atoms with Crippen molar-refractivity contribution in [2.24, 2.45) is 11.8 Å². The number of rotatable bonds is 35. The summed E-state index contributed by atoms with van der Waals surface area (Å²) in [5, 5.41) is 9.70. The molecular formula is C39H76NO3. The van der Waals surface area contributed by atoms with Crippen LogP contribution in [0.4, 0.5) is 0 Å².